The minimum atomic E-state index is -0.672. The lowest BCUT2D eigenvalue weighted by molar-refractivity contribution is -0.122. The van der Waals surface area contributed by atoms with E-state index in [1.807, 2.05) is 13.8 Å². The molecule has 0 aliphatic rings. The Morgan fingerprint density at radius 1 is 1.21 bits per heavy atom. The first kappa shape index (κ1) is 15.4. The number of hydrogen-bond acceptors (Lipinski definition) is 2. The fraction of sp³-hybridized carbons (Fsp3) is 0.500. The van der Waals surface area contributed by atoms with E-state index >= 15 is 0 Å². The molecule has 3 nitrogen and oxygen atoms in total. The summed E-state index contributed by atoms with van der Waals surface area (Å²) in [4.78, 5) is 11.8. The SMILES string of the molecule is CCCC(C)NC(=O)C(C)Nc1cc(F)cc(F)c1. The number of benzene rings is 1. The van der Waals surface area contributed by atoms with Crippen LogP contribution >= 0.6 is 0 Å². The van der Waals surface area contributed by atoms with Crippen LogP contribution < -0.4 is 10.6 Å². The summed E-state index contributed by atoms with van der Waals surface area (Å²) < 4.78 is 26.0. The Balaban J connectivity index is 2.58. The topological polar surface area (TPSA) is 41.1 Å². The second kappa shape index (κ2) is 7.07. The molecule has 1 aromatic carbocycles. The molecule has 1 aromatic rings. The maximum atomic E-state index is 13.0. The van der Waals surface area contributed by atoms with Gasteiger partial charge in [-0.3, -0.25) is 4.79 Å². The van der Waals surface area contributed by atoms with Crippen molar-refractivity contribution in [3.8, 4) is 0 Å². The number of hydrogen-bond donors (Lipinski definition) is 2. The van der Waals surface area contributed by atoms with Crippen molar-refractivity contribution in [2.75, 3.05) is 5.32 Å². The van der Waals surface area contributed by atoms with E-state index in [4.69, 9.17) is 0 Å². The number of carbonyl (C=O) groups excluding carboxylic acids is 1. The molecule has 0 saturated heterocycles. The van der Waals surface area contributed by atoms with Crippen LogP contribution in [0.4, 0.5) is 14.5 Å². The quantitative estimate of drug-likeness (QED) is 0.834. The van der Waals surface area contributed by atoms with Crippen molar-refractivity contribution in [2.24, 2.45) is 0 Å². The van der Waals surface area contributed by atoms with Crippen LogP contribution in [0.2, 0.25) is 0 Å². The van der Waals surface area contributed by atoms with E-state index in [1.165, 1.54) is 0 Å². The minimum absolute atomic E-state index is 0.0889. The van der Waals surface area contributed by atoms with Crippen molar-refractivity contribution in [2.45, 2.75) is 45.7 Å². The predicted molar refractivity (Wildman–Crippen MR) is 72.0 cm³/mol. The van der Waals surface area contributed by atoms with Crippen molar-refractivity contribution in [1.29, 1.82) is 0 Å². The van der Waals surface area contributed by atoms with Crippen LogP contribution in [-0.4, -0.2) is 18.0 Å². The third kappa shape index (κ3) is 5.24. The molecule has 0 aromatic heterocycles. The average molecular weight is 270 g/mol. The van der Waals surface area contributed by atoms with Gasteiger partial charge in [0, 0.05) is 17.8 Å². The van der Waals surface area contributed by atoms with Gasteiger partial charge in [0.25, 0.3) is 0 Å². The van der Waals surface area contributed by atoms with E-state index < -0.39 is 17.7 Å². The first-order valence-corrected chi connectivity index (χ1v) is 6.45. The molecule has 0 aliphatic heterocycles. The molecule has 0 bridgehead atoms. The Hall–Kier alpha value is -1.65. The zero-order valence-electron chi connectivity index (χ0n) is 11.5. The van der Waals surface area contributed by atoms with Crippen LogP contribution in [0.3, 0.4) is 0 Å². The number of nitrogens with one attached hydrogen (secondary N) is 2. The van der Waals surface area contributed by atoms with Crippen LogP contribution in [-0.2, 0) is 4.79 Å². The summed E-state index contributed by atoms with van der Waals surface area (Å²) in [7, 11) is 0. The Bertz CT molecular complexity index is 417. The third-order valence-electron chi connectivity index (χ3n) is 2.75. The number of halogens is 2. The van der Waals surface area contributed by atoms with Gasteiger partial charge in [0.1, 0.15) is 17.7 Å². The van der Waals surface area contributed by atoms with Gasteiger partial charge in [-0.15, -0.1) is 0 Å². The summed E-state index contributed by atoms with van der Waals surface area (Å²) in [5.74, 6) is -1.53. The standard InChI is InChI=1S/C14H20F2N2O/c1-4-5-9(2)17-14(19)10(3)18-13-7-11(15)6-12(16)8-13/h6-10,18H,4-5H2,1-3H3,(H,17,19). The lowest BCUT2D eigenvalue weighted by Gasteiger charge is -2.19. The lowest BCUT2D eigenvalue weighted by Crippen LogP contribution is -2.42. The summed E-state index contributed by atoms with van der Waals surface area (Å²) in [6.07, 6.45) is 1.88. The average Bonchev–Trinajstić information content (AvgIpc) is 2.27. The van der Waals surface area contributed by atoms with Crippen LogP contribution in [0, 0.1) is 11.6 Å². The molecular weight excluding hydrogens is 250 g/mol. The highest BCUT2D eigenvalue weighted by molar-refractivity contribution is 5.84. The number of carbonyl (C=O) groups is 1. The molecule has 1 rings (SSSR count). The molecule has 0 saturated carbocycles. The van der Waals surface area contributed by atoms with E-state index in [-0.39, 0.29) is 17.6 Å². The second-order valence-corrected chi connectivity index (χ2v) is 4.72. The molecule has 0 spiro atoms. The smallest absolute Gasteiger partial charge is 0.242 e. The van der Waals surface area contributed by atoms with Gasteiger partial charge in [0.05, 0.1) is 0 Å². The van der Waals surface area contributed by atoms with Crippen molar-refractivity contribution in [1.82, 2.24) is 5.32 Å². The monoisotopic (exact) mass is 270 g/mol. The number of amides is 1. The molecule has 0 aliphatic carbocycles. The highest BCUT2D eigenvalue weighted by atomic mass is 19.1. The molecule has 2 atom stereocenters. The van der Waals surface area contributed by atoms with Crippen molar-refractivity contribution >= 4 is 11.6 Å². The molecule has 2 N–H and O–H groups in total. The Morgan fingerprint density at radius 2 is 1.79 bits per heavy atom. The van der Waals surface area contributed by atoms with Gasteiger partial charge in [0.2, 0.25) is 5.91 Å². The van der Waals surface area contributed by atoms with Crippen molar-refractivity contribution in [3.63, 3.8) is 0 Å². The molecule has 0 heterocycles. The molecule has 0 fully saturated rings. The summed E-state index contributed by atoms with van der Waals surface area (Å²) >= 11 is 0. The van der Waals surface area contributed by atoms with Crippen molar-refractivity contribution in [3.05, 3.63) is 29.8 Å². The van der Waals surface area contributed by atoms with E-state index in [0.29, 0.717) is 0 Å². The van der Waals surface area contributed by atoms with Crippen LogP contribution in [0.15, 0.2) is 18.2 Å². The summed E-state index contributed by atoms with van der Waals surface area (Å²) in [6, 6.07) is 2.63. The Morgan fingerprint density at radius 3 is 2.32 bits per heavy atom. The Kier molecular flexibility index (Phi) is 5.73. The van der Waals surface area contributed by atoms with E-state index in [9.17, 15) is 13.6 Å². The highest BCUT2D eigenvalue weighted by Crippen LogP contribution is 2.14. The molecule has 19 heavy (non-hydrogen) atoms. The molecule has 106 valence electrons. The third-order valence-corrected chi connectivity index (χ3v) is 2.75. The molecule has 1 amide bonds. The zero-order valence-corrected chi connectivity index (χ0v) is 11.5. The maximum absolute atomic E-state index is 13.0. The molecular formula is C14H20F2N2O. The second-order valence-electron chi connectivity index (χ2n) is 4.72. The Labute approximate surface area is 112 Å². The molecule has 2 unspecified atom stereocenters. The van der Waals surface area contributed by atoms with Crippen LogP contribution in [0.1, 0.15) is 33.6 Å². The number of anilines is 1. The maximum Gasteiger partial charge on any atom is 0.242 e. The largest absolute Gasteiger partial charge is 0.374 e. The lowest BCUT2D eigenvalue weighted by atomic mass is 10.2. The fourth-order valence-electron chi connectivity index (χ4n) is 1.83. The van der Waals surface area contributed by atoms with Gasteiger partial charge in [-0.2, -0.15) is 0 Å². The summed E-state index contributed by atoms with van der Waals surface area (Å²) in [6.45, 7) is 5.62. The van der Waals surface area contributed by atoms with Gasteiger partial charge in [0.15, 0.2) is 0 Å². The van der Waals surface area contributed by atoms with E-state index in [0.717, 1.165) is 31.0 Å². The van der Waals surface area contributed by atoms with Gasteiger partial charge < -0.3 is 10.6 Å². The van der Waals surface area contributed by atoms with Crippen LogP contribution in [0.5, 0.6) is 0 Å². The predicted octanol–water partition coefficient (Wildman–Crippen LogP) is 3.07. The molecule has 0 radical (unpaired) electrons. The zero-order chi connectivity index (χ0) is 14.4. The van der Waals surface area contributed by atoms with Gasteiger partial charge in [-0.05, 0) is 32.4 Å². The summed E-state index contributed by atoms with van der Waals surface area (Å²) in [5, 5.41) is 5.62. The minimum Gasteiger partial charge on any atom is -0.374 e. The van der Waals surface area contributed by atoms with Gasteiger partial charge in [-0.25, -0.2) is 8.78 Å². The van der Waals surface area contributed by atoms with E-state index in [2.05, 4.69) is 10.6 Å². The fourth-order valence-corrected chi connectivity index (χ4v) is 1.83. The first-order chi connectivity index (χ1) is 8.92. The van der Waals surface area contributed by atoms with Gasteiger partial charge >= 0.3 is 0 Å². The van der Waals surface area contributed by atoms with Gasteiger partial charge in [-0.1, -0.05) is 13.3 Å². The van der Waals surface area contributed by atoms with Crippen molar-refractivity contribution < 1.29 is 13.6 Å². The highest BCUT2D eigenvalue weighted by Gasteiger charge is 2.15. The first-order valence-electron chi connectivity index (χ1n) is 6.45. The van der Waals surface area contributed by atoms with E-state index in [1.54, 1.807) is 6.92 Å². The molecule has 5 heteroatoms. The normalized spacial score (nSPS) is 13.7. The number of rotatable bonds is 6. The van der Waals surface area contributed by atoms with Crippen LogP contribution in [0.25, 0.3) is 0 Å². The summed E-state index contributed by atoms with van der Waals surface area (Å²) in [5.41, 5.74) is 0.253.